The van der Waals surface area contributed by atoms with Crippen LogP contribution < -0.4 is 5.32 Å². The molecule has 0 heterocycles. The quantitative estimate of drug-likeness (QED) is 0.847. The van der Waals surface area contributed by atoms with Gasteiger partial charge in [0, 0.05) is 11.6 Å². The molecule has 1 aromatic rings. The third-order valence-electron chi connectivity index (χ3n) is 3.94. The minimum atomic E-state index is -0.141. The van der Waals surface area contributed by atoms with Gasteiger partial charge in [-0.2, -0.15) is 0 Å². The number of carbonyl (C=O) groups excluding carboxylic acids is 1. The molecule has 1 fully saturated rings. The number of nitrogens with zero attached hydrogens (tertiary/aromatic N) is 1. The van der Waals surface area contributed by atoms with Crippen molar-refractivity contribution in [1.82, 2.24) is 10.2 Å². The molecule has 1 aromatic carbocycles. The zero-order valence-corrected chi connectivity index (χ0v) is 13.3. The van der Waals surface area contributed by atoms with E-state index in [1.807, 2.05) is 43.1 Å². The third kappa shape index (κ3) is 4.70. The minimum Gasteiger partial charge on any atom is -0.393 e. The molecular formula is C16H23ClN2O2. The number of hydrogen-bond acceptors (Lipinski definition) is 3. The number of aliphatic hydroxyl groups excluding tert-OH is 1. The van der Waals surface area contributed by atoms with Crippen molar-refractivity contribution in [2.24, 2.45) is 5.92 Å². The summed E-state index contributed by atoms with van der Waals surface area (Å²) in [6.45, 7) is 3.15. The summed E-state index contributed by atoms with van der Waals surface area (Å²) in [6, 6.07) is 7.43. The summed E-state index contributed by atoms with van der Waals surface area (Å²) >= 11 is 6.13. The maximum atomic E-state index is 12.1. The monoisotopic (exact) mass is 310 g/mol. The van der Waals surface area contributed by atoms with Gasteiger partial charge in [-0.3, -0.25) is 9.69 Å². The molecule has 1 atom stereocenters. The lowest BCUT2D eigenvalue weighted by molar-refractivity contribution is -0.122. The van der Waals surface area contributed by atoms with Crippen molar-refractivity contribution in [1.29, 1.82) is 0 Å². The molecule has 1 unspecified atom stereocenters. The van der Waals surface area contributed by atoms with Gasteiger partial charge in [0.2, 0.25) is 5.91 Å². The van der Waals surface area contributed by atoms with E-state index in [1.54, 1.807) is 0 Å². The van der Waals surface area contributed by atoms with Crippen LogP contribution in [0.3, 0.4) is 0 Å². The Morgan fingerprint density at radius 3 is 2.76 bits per heavy atom. The number of amides is 1. The molecule has 0 saturated heterocycles. The van der Waals surface area contributed by atoms with Gasteiger partial charge >= 0.3 is 0 Å². The topological polar surface area (TPSA) is 52.6 Å². The van der Waals surface area contributed by atoms with Crippen LogP contribution in [0, 0.1) is 5.92 Å². The van der Waals surface area contributed by atoms with Gasteiger partial charge in [-0.25, -0.2) is 0 Å². The van der Waals surface area contributed by atoms with Crippen LogP contribution in [0.2, 0.25) is 5.02 Å². The van der Waals surface area contributed by atoms with E-state index in [-0.39, 0.29) is 18.1 Å². The molecule has 1 aliphatic carbocycles. The fourth-order valence-electron chi connectivity index (χ4n) is 2.79. The lowest BCUT2D eigenvalue weighted by Crippen LogP contribution is -2.42. The van der Waals surface area contributed by atoms with E-state index in [0.717, 1.165) is 24.9 Å². The van der Waals surface area contributed by atoms with Crippen molar-refractivity contribution in [3.63, 3.8) is 0 Å². The molecule has 0 radical (unpaired) electrons. The average Bonchev–Trinajstić information content (AvgIpc) is 2.36. The summed E-state index contributed by atoms with van der Waals surface area (Å²) in [5, 5.41) is 12.9. The summed E-state index contributed by atoms with van der Waals surface area (Å²) in [5.41, 5.74) is 0.928. The molecule has 2 N–H and O–H groups in total. The van der Waals surface area contributed by atoms with Gasteiger partial charge in [-0.05, 0) is 44.4 Å². The minimum absolute atomic E-state index is 0.00945. The molecular weight excluding hydrogens is 288 g/mol. The number of halogens is 1. The van der Waals surface area contributed by atoms with Crippen molar-refractivity contribution in [3.8, 4) is 0 Å². The Kier molecular flexibility index (Phi) is 5.62. The fourth-order valence-corrected chi connectivity index (χ4v) is 3.09. The van der Waals surface area contributed by atoms with Crippen LogP contribution in [0.1, 0.15) is 31.4 Å². The van der Waals surface area contributed by atoms with E-state index in [0.29, 0.717) is 17.5 Å². The van der Waals surface area contributed by atoms with Crippen LogP contribution in [0.5, 0.6) is 0 Å². The molecule has 21 heavy (non-hydrogen) atoms. The maximum Gasteiger partial charge on any atom is 0.234 e. The Labute approximate surface area is 131 Å². The first-order valence-electron chi connectivity index (χ1n) is 7.36. The molecule has 2 rings (SSSR count). The second-order valence-electron chi connectivity index (χ2n) is 6.00. The van der Waals surface area contributed by atoms with E-state index in [4.69, 9.17) is 11.6 Å². The Bertz CT molecular complexity index is 489. The van der Waals surface area contributed by atoms with Crippen molar-refractivity contribution < 1.29 is 9.90 Å². The Morgan fingerprint density at radius 2 is 2.14 bits per heavy atom. The summed E-state index contributed by atoms with van der Waals surface area (Å²) in [7, 11) is 1.93. The predicted molar refractivity (Wildman–Crippen MR) is 84.2 cm³/mol. The number of aliphatic hydroxyl groups is 1. The van der Waals surface area contributed by atoms with Crippen LogP contribution in [-0.2, 0) is 4.79 Å². The highest BCUT2D eigenvalue weighted by Gasteiger charge is 2.28. The molecule has 0 aromatic heterocycles. The SMILES string of the molecule is CC(NC(=O)CN(C)CC1CC(O)C1)c1ccccc1Cl. The molecule has 0 spiro atoms. The van der Waals surface area contributed by atoms with E-state index in [1.165, 1.54) is 0 Å². The van der Waals surface area contributed by atoms with Gasteiger partial charge in [-0.1, -0.05) is 29.8 Å². The number of benzene rings is 1. The molecule has 5 heteroatoms. The normalized spacial score (nSPS) is 22.7. The van der Waals surface area contributed by atoms with Crippen molar-refractivity contribution in [2.45, 2.75) is 31.9 Å². The van der Waals surface area contributed by atoms with Gasteiger partial charge in [0.05, 0.1) is 18.7 Å². The zero-order chi connectivity index (χ0) is 15.4. The lowest BCUT2D eigenvalue weighted by Gasteiger charge is -2.34. The van der Waals surface area contributed by atoms with Crippen LogP contribution >= 0.6 is 11.6 Å². The number of rotatable bonds is 6. The fraction of sp³-hybridized carbons (Fsp3) is 0.562. The first-order chi connectivity index (χ1) is 9.95. The predicted octanol–water partition coefficient (Wildman–Crippen LogP) is 2.22. The first-order valence-corrected chi connectivity index (χ1v) is 7.74. The van der Waals surface area contributed by atoms with E-state index >= 15 is 0 Å². The second-order valence-corrected chi connectivity index (χ2v) is 6.41. The van der Waals surface area contributed by atoms with Gasteiger partial charge in [0.1, 0.15) is 0 Å². The van der Waals surface area contributed by atoms with Gasteiger partial charge < -0.3 is 10.4 Å². The van der Waals surface area contributed by atoms with Gasteiger partial charge in [-0.15, -0.1) is 0 Å². The van der Waals surface area contributed by atoms with Crippen LogP contribution in [-0.4, -0.2) is 42.2 Å². The smallest absolute Gasteiger partial charge is 0.234 e. The average molecular weight is 311 g/mol. The highest BCUT2D eigenvalue weighted by atomic mass is 35.5. The number of nitrogens with one attached hydrogen (secondary N) is 1. The molecule has 1 saturated carbocycles. The Balaban J connectivity index is 1.77. The summed E-state index contributed by atoms with van der Waals surface area (Å²) in [5.74, 6) is 0.503. The molecule has 0 aliphatic heterocycles. The maximum absolute atomic E-state index is 12.1. The van der Waals surface area contributed by atoms with E-state index in [2.05, 4.69) is 5.32 Å². The van der Waals surface area contributed by atoms with E-state index < -0.39 is 0 Å². The highest BCUT2D eigenvalue weighted by Crippen LogP contribution is 2.27. The van der Waals surface area contributed by atoms with Crippen LogP contribution in [0.25, 0.3) is 0 Å². The first kappa shape index (κ1) is 16.3. The van der Waals surface area contributed by atoms with Crippen molar-refractivity contribution in [2.75, 3.05) is 20.1 Å². The summed E-state index contributed by atoms with van der Waals surface area (Å²) < 4.78 is 0. The Hall–Kier alpha value is -1.10. The highest BCUT2D eigenvalue weighted by molar-refractivity contribution is 6.31. The second kappa shape index (κ2) is 7.25. The Morgan fingerprint density at radius 1 is 1.48 bits per heavy atom. The summed E-state index contributed by atoms with van der Waals surface area (Å²) in [4.78, 5) is 14.1. The third-order valence-corrected chi connectivity index (χ3v) is 4.29. The van der Waals surface area contributed by atoms with Crippen molar-refractivity contribution >= 4 is 17.5 Å². The molecule has 4 nitrogen and oxygen atoms in total. The number of hydrogen-bond donors (Lipinski definition) is 2. The molecule has 1 amide bonds. The number of carbonyl (C=O) groups is 1. The standard InChI is InChI=1S/C16H23ClN2O2/c1-11(14-5-3-4-6-15(14)17)18-16(21)10-19(2)9-12-7-13(20)8-12/h3-6,11-13,20H,7-10H2,1-2H3,(H,18,21). The van der Waals surface area contributed by atoms with E-state index in [9.17, 15) is 9.90 Å². The summed E-state index contributed by atoms with van der Waals surface area (Å²) in [6.07, 6.45) is 1.56. The largest absolute Gasteiger partial charge is 0.393 e. The lowest BCUT2D eigenvalue weighted by atomic mass is 9.82. The van der Waals surface area contributed by atoms with Crippen molar-refractivity contribution in [3.05, 3.63) is 34.9 Å². The van der Waals surface area contributed by atoms with Crippen LogP contribution in [0.15, 0.2) is 24.3 Å². The molecule has 116 valence electrons. The number of likely N-dealkylation sites (N-methyl/N-ethyl adjacent to an activating group) is 1. The molecule has 1 aliphatic rings. The molecule has 0 bridgehead atoms. The van der Waals surface area contributed by atoms with Gasteiger partial charge in [0.15, 0.2) is 0 Å². The van der Waals surface area contributed by atoms with Crippen LogP contribution in [0.4, 0.5) is 0 Å². The zero-order valence-electron chi connectivity index (χ0n) is 12.6. The van der Waals surface area contributed by atoms with Gasteiger partial charge in [0.25, 0.3) is 0 Å².